The Morgan fingerprint density at radius 3 is 2.60 bits per heavy atom. The fourth-order valence-corrected chi connectivity index (χ4v) is 9.46. The minimum absolute atomic E-state index is 0.165. The summed E-state index contributed by atoms with van der Waals surface area (Å²) in [6, 6.07) is 0. The fourth-order valence-electron chi connectivity index (χ4n) is 5.93. The number of aliphatic hydroxyl groups is 1. The zero-order chi connectivity index (χ0) is 17.6. The third-order valence-corrected chi connectivity index (χ3v) is 12.3. The number of nitrogens with zero attached hydrogens (tertiary/aromatic N) is 1. The van der Waals surface area contributed by atoms with Crippen molar-refractivity contribution in [1.29, 1.82) is 0 Å². The number of β-amino-alcohol motifs (C(OH)–C–C–N with tert-alkyl or cyclic N) is 1. The number of piperidine rings is 1. The monoisotopic (exact) mass is 517 g/mol. The molecular weight excluding hydrogens is 488 g/mol. The minimum atomic E-state index is -0.192. The van der Waals surface area contributed by atoms with Gasteiger partial charge in [0.05, 0.1) is 6.10 Å². The summed E-state index contributed by atoms with van der Waals surface area (Å²) in [4.78, 5) is 2.49. The topological polar surface area (TPSA) is 23.5 Å². The number of hydrogen-bond acceptors (Lipinski definition) is 3. The van der Waals surface area contributed by atoms with Crippen LogP contribution in [0.25, 0.3) is 0 Å². The first-order valence-electron chi connectivity index (χ1n) is 10.0. The molecule has 0 amide bonds. The van der Waals surface area contributed by atoms with Gasteiger partial charge in [0, 0.05) is 26.5 Å². The molecule has 2 aliphatic heterocycles. The van der Waals surface area contributed by atoms with Gasteiger partial charge in [-0.1, -0.05) is 29.0 Å². The maximum Gasteiger partial charge on any atom is 0.0706 e. The van der Waals surface area contributed by atoms with Crippen LogP contribution in [0.15, 0.2) is 0 Å². The largest absolute Gasteiger partial charge is 0.391 e. The van der Waals surface area contributed by atoms with E-state index in [1.54, 1.807) is 0 Å². The van der Waals surface area contributed by atoms with E-state index in [1.807, 2.05) is 0 Å². The molecule has 2 nitrogen and oxygen atoms in total. The number of thioether (sulfide) groups is 1. The summed E-state index contributed by atoms with van der Waals surface area (Å²) in [6.45, 7) is 3.20. The Kier molecular flexibility index (Phi) is 6.78. The van der Waals surface area contributed by atoms with E-state index in [0.29, 0.717) is 26.9 Å². The first kappa shape index (κ1) is 19.9. The minimum Gasteiger partial charge on any atom is -0.391 e. The molecule has 9 atom stereocenters. The van der Waals surface area contributed by atoms with Crippen molar-refractivity contribution < 1.29 is 5.11 Å². The molecule has 0 aromatic carbocycles. The quantitative estimate of drug-likeness (QED) is 0.436. The standard InChI is InChI=1S/C19H30Cl2INOS/c20-15-9-12-11-4-7-25-19(11)14(8-13(12)17(21)18(15)22)16(24)10-23-5-2-1-3-6-23/h11-19,24H,1-10H2. The van der Waals surface area contributed by atoms with Crippen LogP contribution in [0.1, 0.15) is 38.5 Å². The number of hydrogen-bond donors (Lipinski definition) is 1. The summed E-state index contributed by atoms with van der Waals surface area (Å²) in [6.07, 6.45) is 7.26. The fraction of sp³-hybridized carbons (Fsp3) is 1.00. The van der Waals surface area contributed by atoms with Gasteiger partial charge in [-0.2, -0.15) is 11.8 Å². The number of alkyl halides is 3. The van der Waals surface area contributed by atoms with Crippen molar-refractivity contribution in [2.75, 3.05) is 25.4 Å². The van der Waals surface area contributed by atoms with Crippen molar-refractivity contribution in [3.8, 4) is 0 Å². The summed E-state index contributed by atoms with van der Waals surface area (Å²) >= 11 is 18.1. The molecule has 2 saturated carbocycles. The van der Waals surface area contributed by atoms with Crippen LogP contribution in [0.2, 0.25) is 0 Å². The van der Waals surface area contributed by atoms with Crippen LogP contribution >= 0.6 is 57.6 Å². The maximum absolute atomic E-state index is 11.1. The predicted molar refractivity (Wildman–Crippen MR) is 117 cm³/mol. The molecule has 2 saturated heterocycles. The molecule has 4 fully saturated rings. The number of halogens is 3. The Hall–Kier alpha value is 1.58. The highest BCUT2D eigenvalue weighted by atomic mass is 127. The zero-order valence-electron chi connectivity index (χ0n) is 14.7. The van der Waals surface area contributed by atoms with Gasteiger partial charge in [0.1, 0.15) is 0 Å². The van der Waals surface area contributed by atoms with Gasteiger partial charge in [-0.05, 0) is 74.6 Å². The van der Waals surface area contributed by atoms with Gasteiger partial charge < -0.3 is 10.0 Å². The number of aliphatic hydroxyl groups excluding tert-OH is 1. The average molecular weight is 518 g/mol. The second kappa shape index (κ2) is 8.52. The Bertz CT molecular complexity index is 467. The van der Waals surface area contributed by atoms with Gasteiger partial charge in [-0.25, -0.2) is 0 Å². The summed E-state index contributed by atoms with van der Waals surface area (Å²) in [7, 11) is 0. The lowest BCUT2D eigenvalue weighted by atomic mass is 9.60. The van der Waals surface area contributed by atoms with E-state index < -0.39 is 0 Å². The molecule has 1 N–H and O–H groups in total. The molecule has 2 heterocycles. The Labute approximate surface area is 180 Å². The number of fused-ring (bicyclic) bond motifs is 3. The zero-order valence-corrected chi connectivity index (χ0v) is 19.2. The van der Waals surface area contributed by atoms with Crippen LogP contribution in [0.5, 0.6) is 0 Å². The van der Waals surface area contributed by atoms with Crippen LogP contribution in [0, 0.1) is 23.7 Å². The lowest BCUT2D eigenvalue weighted by Gasteiger charge is -2.52. The van der Waals surface area contributed by atoms with E-state index >= 15 is 0 Å². The van der Waals surface area contributed by atoms with Crippen molar-refractivity contribution in [2.45, 2.75) is 64.6 Å². The van der Waals surface area contributed by atoms with Crippen molar-refractivity contribution in [3.05, 3.63) is 0 Å². The summed E-state index contributed by atoms with van der Waals surface area (Å²) in [5.74, 6) is 3.60. The molecule has 0 aromatic heterocycles. The highest BCUT2D eigenvalue weighted by molar-refractivity contribution is 14.1. The van der Waals surface area contributed by atoms with E-state index in [4.69, 9.17) is 23.2 Å². The lowest BCUT2D eigenvalue weighted by molar-refractivity contribution is -0.00407. The second-order valence-electron chi connectivity index (χ2n) is 8.58. The molecule has 144 valence electrons. The van der Waals surface area contributed by atoms with Crippen LogP contribution in [0.3, 0.4) is 0 Å². The lowest BCUT2D eigenvalue weighted by Crippen LogP contribution is -2.54. The Morgan fingerprint density at radius 1 is 1.08 bits per heavy atom. The first-order valence-corrected chi connectivity index (χ1v) is 13.2. The first-order chi connectivity index (χ1) is 12.1. The molecule has 25 heavy (non-hydrogen) atoms. The molecule has 4 rings (SSSR count). The molecule has 2 aliphatic carbocycles. The SMILES string of the molecule is OC(CN1CCCCC1)C1CC2C(Cl)C(I)C(Cl)CC2C2CCSC12. The molecule has 4 aliphatic rings. The Morgan fingerprint density at radius 2 is 1.84 bits per heavy atom. The van der Waals surface area contributed by atoms with Crippen LogP contribution in [-0.2, 0) is 0 Å². The van der Waals surface area contributed by atoms with Gasteiger partial charge in [0.25, 0.3) is 0 Å². The van der Waals surface area contributed by atoms with E-state index in [9.17, 15) is 5.11 Å². The highest BCUT2D eigenvalue weighted by Crippen LogP contribution is 2.57. The van der Waals surface area contributed by atoms with Crippen molar-refractivity contribution in [3.63, 3.8) is 0 Å². The number of likely N-dealkylation sites (tertiary alicyclic amines) is 1. The molecular formula is C19H30Cl2INOS. The third kappa shape index (κ3) is 4.01. The summed E-state index contributed by atoms with van der Waals surface area (Å²) in [5.41, 5.74) is 0. The molecule has 0 radical (unpaired) electrons. The van der Waals surface area contributed by atoms with Crippen LogP contribution in [0.4, 0.5) is 0 Å². The van der Waals surface area contributed by atoms with Crippen molar-refractivity contribution in [1.82, 2.24) is 4.90 Å². The van der Waals surface area contributed by atoms with E-state index in [0.717, 1.165) is 25.3 Å². The van der Waals surface area contributed by atoms with Gasteiger partial charge >= 0.3 is 0 Å². The van der Waals surface area contributed by atoms with E-state index in [1.165, 1.54) is 44.5 Å². The van der Waals surface area contributed by atoms with Crippen molar-refractivity contribution in [2.24, 2.45) is 23.7 Å². The van der Waals surface area contributed by atoms with E-state index in [2.05, 4.69) is 39.3 Å². The predicted octanol–water partition coefficient (Wildman–Crippen LogP) is 4.63. The summed E-state index contributed by atoms with van der Waals surface area (Å²) < 4.78 is 0.354. The Balaban J connectivity index is 1.48. The normalized spacial score (nSPS) is 49.4. The maximum atomic E-state index is 11.1. The van der Waals surface area contributed by atoms with Crippen LogP contribution in [-0.4, -0.2) is 61.4 Å². The highest BCUT2D eigenvalue weighted by Gasteiger charge is 2.54. The van der Waals surface area contributed by atoms with Gasteiger partial charge in [0.15, 0.2) is 0 Å². The second-order valence-corrected chi connectivity index (χ2v) is 12.4. The van der Waals surface area contributed by atoms with Gasteiger partial charge in [-0.3, -0.25) is 0 Å². The van der Waals surface area contributed by atoms with Crippen LogP contribution < -0.4 is 0 Å². The molecule has 0 spiro atoms. The average Bonchev–Trinajstić information content (AvgIpc) is 3.10. The van der Waals surface area contributed by atoms with Crippen molar-refractivity contribution >= 4 is 57.6 Å². The third-order valence-electron chi connectivity index (χ3n) is 7.19. The summed E-state index contributed by atoms with van der Waals surface area (Å²) in [5, 5.41) is 12.1. The molecule has 9 unspecified atom stereocenters. The number of rotatable bonds is 3. The molecule has 0 aromatic rings. The molecule has 0 bridgehead atoms. The van der Waals surface area contributed by atoms with Gasteiger partial charge in [-0.15, -0.1) is 23.2 Å². The van der Waals surface area contributed by atoms with Gasteiger partial charge in [0.2, 0.25) is 0 Å². The smallest absolute Gasteiger partial charge is 0.0706 e. The molecule has 6 heteroatoms. The van der Waals surface area contributed by atoms with E-state index in [-0.39, 0.29) is 16.9 Å².